The van der Waals surface area contributed by atoms with E-state index in [1.54, 1.807) is 9.91 Å². The van der Waals surface area contributed by atoms with E-state index in [2.05, 4.69) is 10.1 Å². The molecular weight excluding hydrogens is 292 g/mol. The van der Waals surface area contributed by atoms with Gasteiger partial charge in [0.15, 0.2) is 11.7 Å². The molecule has 2 aliphatic heterocycles. The van der Waals surface area contributed by atoms with Crippen LogP contribution in [-0.4, -0.2) is 28.1 Å². The SMILES string of the molecule is NC1=Nc2ccccc2N2C1=NN(Cc1ccccc1N)C2O. The summed E-state index contributed by atoms with van der Waals surface area (Å²) in [7, 11) is 0. The van der Waals surface area contributed by atoms with Crippen molar-refractivity contribution in [3.8, 4) is 0 Å². The van der Waals surface area contributed by atoms with Crippen LogP contribution in [0.2, 0.25) is 0 Å². The molecule has 0 fully saturated rings. The minimum atomic E-state index is -0.959. The molecule has 2 aromatic rings. The molecule has 0 saturated heterocycles. The van der Waals surface area contributed by atoms with Crippen molar-refractivity contribution in [2.45, 2.75) is 12.9 Å². The number of nitrogens with zero attached hydrogens (tertiary/aromatic N) is 4. The van der Waals surface area contributed by atoms with Crippen LogP contribution < -0.4 is 16.4 Å². The van der Waals surface area contributed by atoms with Crippen LogP contribution in [0.3, 0.4) is 0 Å². The molecule has 0 radical (unpaired) electrons. The number of benzene rings is 2. The van der Waals surface area contributed by atoms with Crippen molar-refractivity contribution in [3.05, 3.63) is 54.1 Å². The molecule has 0 aliphatic carbocycles. The molecule has 4 rings (SSSR count). The van der Waals surface area contributed by atoms with Crippen LogP contribution in [0, 0.1) is 0 Å². The third-order valence-corrected chi connectivity index (χ3v) is 3.95. The number of nitrogens with two attached hydrogens (primary N) is 2. The molecule has 7 nitrogen and oxygen atoms in total. The highest BCUT2D eigenvalue weighted by Gasteiger charge is 2.38. The minimum Gasteiger partial charge on any atom is -0.398 e. The van der Waals surface area contributed by atoms with Crippen molar-refractivity contribution in [2.24, 2.45) is 15.8 Å². The molecule has 0 spiro atoms. The zero-order chi connectivity index (χ0) is 16.0. The average Bonchev–Trinajstić information content (AvgIpc) is 2.88. The normalized spacial score (nSPS) is 19.1. The van der Waals surface area contributed by atoms with Gasteiger partial charge in [0.2, 0.25) is 6.35 Å². The lowest BCUT2D eigenvalue weighted by molar-refractivity contribution is 0.0214. The van der Waals surface area contributed by atoms with Crippen LogP contribution in [0.25, 0.3) is 0 Å². The number of aliphatic hydroxyl groups is 1. The average molecular weight is 308 g/mol. The molecule has 0 aromatic heterocycles. The van der Waals surface area contributed by atoms with Gasteiger partial charge in [0.25, 0.3) is 0 Å². The molecular formula is C16H16N6O. The number of aliphatic hydroxyl groups excluding tert-OH is 1. The number of hydrogen-bond acceptors (Lipinski definition) is 7. The Labute approximate surface area is 133 Å². The summed E-state index contributed by atoms with van der Waals surface area (Å²) in [4.78, 5) is 6.02. The number of rotatable bonds is 2. The van der Waals surface area contributed by atoms with Crippen LogP contribution in [0.5, 0.6) is 0 Å². The van der Waals surface area contributed by atoms with Crippen molar-refractivity contribution in [2.75, 3.05) is 10.6 Å². The highest BCUT2D eigenvalue weighted by Crippen LogP contribution is 2.36. The maximum Gasteiger partial charge on any atom is 0.228 e. The molecule has 23 heavy (non-hydrogen) atoms. The molecule has 2 heterocycles. The first-order valence-electron chi connectivity index (χ1n) is 7.24. The highest BCUT2D eigenvalue weighted by atomic mass is 16.3. The Hall–Kier alpha value is -3.06. The first-order chi connectivity index (χ1) is 11.1. The molecule has 0 saturated carbocycles. The number of hydrazone groups is 1. The summed E-state index contributed by atoms with van der Waals surface area (Å²) in [6.07, 6.45) is -0.959. The summed E-state index contributed by atoms with van der Waals surface area (Å²) in [6.45, 7) is 0.378. The van der Waals surface area contributed by atoms with E-state index < -0.39 is 6.35 Å². The predicted octanol–water partition coefficient (Wildman–Crippen LogP) is 1.18. The fourth-order valence-corrected chi connectivity index (χ4v) is 2.79. The van der Waals surface area contributed by atoms with Gasteiger partial charge in [-0.25, -0.2) is 10.0 Å². The Morgan fingerprint density at radius 2 is 1.78 bits per heavy atom. The van der Waals surface area contributed by atoms with Crippen LogP contribution in [0.15, 0.2) is 58.6 Å². The summed E-state index contributed by atoms with van der Waals surface area (Å²) in [5, 5.41) is 16.7. The minimum absolute atomic E-state index is 0.284. The molecule has 5 N–H and O–H groups in total. The Morgan fingerprint density at radius 3 is 2.61 bits per heavy atom. The lowest BCUT2D eigenvalue weighted by Gasteiger charge is -2.30. The molecule has 2 aliphatic rings. The van der Waals surface area contributed by atoms with Crippen LogP contribution in [-0.2, 0) is 6.54 Å². The van der Waals surface area contributed by atoms with Gasteiger partial charge in [-0.1, -0.05) is 30.3 Å². The van der Waals surface area contributed by atoms with Gasteiger partial charge in [-0.15, -0.1) is 0 Å². The first-order valence-corrected chi connectivity index (χ1v) is 7.24. The maximum atomic E-state index is 10.7. The zero-order valence-electron chi connectivity index (χ0n) is 12.3. The number of anilines is 2. The molecule has 2 aromatic carbocycles. The fourth-order valence-electron chi connectivity index (χ4n) is 2.79. The van der Waals surface area contributed by atoms with Gasteiger partial charge in [0, 0.05) is 5.69 Å². The van der Waals surface area contributed by atoms with Gasteiger partial charge in [-0.05, 0) is 23.8 Å². The molecule has 7 heteroatoms. The quantitative estimate of drug-likeness (QED) is 0.723. The van der Waals surface area contributed by atoms with E-state index in [1.807, 2.05) is 48.5 Å². The number of nitrogen functional groups attached to an aromatic ring is 1. The molecule has 116 valence electrons. The summed E-state index contributed by atoms with van der Waals surface area (Å²) in [6, 6.07) is 15.0. The van der Waals surface area contributed by atoms with Crippen LogP contribution >= 0.6 is 0 Å². The summed E-state index contributed by atoms with van der Waals surface area (Å²) < 4.78 is 0. The predicted molar refractivity (Wildman–Crippen MR) is 90.0 cm³/mol. The zero-order valence-corrected chi connectivity index (χ0v) is 12.3. The Kier molecular flexibility index (Phi) is 2.95. The van der Waals surface area contributed by atoms with Crippen molar-refractivity contribution < 1.29 is 5.11 Å². The largest absolute Gasteiger partial charge is 0.398 e. The topological polar surface area (TPSA) is 103 Å². The standard InChI is InChI=1S/C16H16N6O/c17-11-6-2-1-5-10(11)9-21-16(23)22-13-8-4-3-7-12(13)19-14(18)15(22)20-21/h1-8,16,23H,9,17H2,(H2,18,19). The number of fused-ring (bicyclic) bond motifs is 3. The van der Waals surface area contributed by atoms with Gasteiger partial charge in [-0.3, -0.25) is 4.90 Å². The molecule has 1 atom stereocenters. The molecule has 1 unspecified atom stereocenters. The second kappa shape index (κ2) is 4.99. The second-order valence-electron chi connectivity index (χ2n) is 5.42. The monoisotopic (exact) mass is 308 g/mol. The second-order valence-corrected chi connectivity index (χ2v) is 5.42. The number of para-hydroxylation sites is 3. The van der Waals surface area contributed by atoms with E-state index in [0.29, 0.717) is 23.8 Å². The first kappa shape index (κ1) is 13.6. The van der Waals surface area contributed by atoms with Gasteiger partial charge < -0.3 is 16.6 Å². The number of amidine groups is 2. The lowest BCUT2D eigenvalue weighted by atomic mass is 10.2. The van der Waals surface area contributed by atoms with E-state index in [1.165, 1.54) is 0 Å². The number of hydrogen-bond donors (Lipinski definition) is 3. The summed E-state index contributed by atoms with van der Waals surface area (Å²) in [5.74, 6) is 0.733. The van der Waals surface area contributed by atoms with E-state index in [-0.39, 0.29) is 5.84 Å². The van der Waals surface area contributed by atoms with Gasteiger partial charge in [-0.2, -0.15) is 5.10 Å². The van der Waals surface area contributed by atoms with Gasteiger partial charge in [0.1, 0.15) is 0 Å². The van der Waals surface area contributed by atoms with Gasteiger partial charge in [0.05, 0.1) is 17.9 Å². The Balaban J connectivity index is 1.71. The van der Waals surface area contributed by atoms with E-state index in [9.17, 15) is 5.11 Å². The highest BCUT2D eigenvalue weighted by molar-refractivity contribution is 6.47. The van der Waals surface area contributed by atoms with Crippen molar-refractivity contribution in [3.63, 3.8) is 0 Å². The lowest BCUT2D eigenvalue weighted by Crippen LogP contribution is -2.47. The Bertz CT molecular complexity index is 831. The third-order valence-electron chi connectivity index (χ3n) is 3.95. The van der Waals surface area contributed by atoms with Crippen molar-refractivity contribution >= 4 is 28.7 Å². The summed E-state index contributed by atoms with van der Waals surface area (Å²) >= 11 is 0. The van der Waals surface area contributed by atoms with Crippen molar-refractivity contribution in [1.82, 2.24) is 5.01 Å². The number of aliphatic imine (C=N–C) groups is 1. The molecule has 0 bridgehead atoms. The van der Waals surface area contributed by atoms with Crippen LogP contribution in [0.4, 0.5) is 17.1 Å². The summed E-state index contributed by atoms with van der Waals surface area (Å²) in [5.41, 5.74) is 15.0. The Morgan fingerprint density at radius 1 is 1.04 bits per heavy atom. The van der Waals surface area contributed by atoms with Gasteiger partial charge >= 0.3 is 0 Å². The molecule has 0 amide bonds. The van der Waals surface area contributed by atoms with E-state index >= 15 is 0 Å². The smallest absolute Gasteiger partial charge is 0.228 e. The van der Waals surface area contributed by atoms with Crippen LogP contribution in [0.1, 0.15) is 5.56 Å². The fraction of sp³-hybridized carbons (Fsp3) is 0.125. The van der Waals surface area contributed by atoms with E-state index in [0.717, 1.165) is 11.3 Å². The maximum absolute atomic E-state index is 10.7. The van der Waals surface area contributed by atoms with Crippen molar-refractivity contribution in [1.29, 1.82) is 0 Å². The third kappa shape index (κ3) is 2.09. The van der Waals surface area contributed by atoms with E-state index in [4.69, 9.17) is 11.5 Å².